The van der Waals surface area contributed by atoms with Crippen LogP contribution in [0.4, 0.5) is 0 Å². The molecule has 2 aromatic rings. The molecule has 0 aromatic heterocycles. The van der Waals surface area contributed by atoms with Gasteiger partial charge in [0.15, 0.2) is 17.8 Å². The fourth-order valence-electron chi connectivity index (χ4n) is 1.98. The van der Waals surface area contributed by atoms with Crippen LogP contribution in [0.15, 0.2) is 42.5 Å². The summed E-state index contributed by atoms with van der Waals surface area (Å²) in [5, 5.41) is 0. The first-order chi connectivity index (χ1) is 11.5. The molecule has 0 aliphatic rings. The van der Waals surface area contributed by atoms with Crippen molar-refractivity contribution in [3.05, 3.63) is 53.6 Å². The van der Waals surface area contributed by atoms with Gasteiger partial charge < -0.3 is 14.2 Å². The molecule has 0 fully saturated rings. The van der Waals surface area contributed by atoms with E-state index in [1.54, 1.807) is 0 Å². The highest BCUT2D eigenvalue weighted by Crippen LogP contribution is 2.35. The van der Waals surface area contributed by atoms with Crippen LogP contribution in [0, 0.1) is 0 Å². The molecule has 0 unspecified atom stereocenters. The highest BCUT2D eigenvalue weighted by atomic mass is 16.6. The standard InChI is InChI=1S/C18H16O6/c1-12(20)23-16-9-17(22-11-14-6-4-3-5-7-14)18(24-13(2)21)8-15(16)10-19/h3-10H,11H2,1-2H3. The van der Waals surface area contributed by atoms with Crippen LogP contribution in [0.2, 0.25) is 0 Å². The van der Waals surface area contributed by atoms with Crippen molar-refractivity contribution in [3.8, 4) is 17.2 Å². The zero-order valence-electron chi connectivity index (χ0n) is 13.3. The Morgan fingerprint density at radius 1 is 0.917 bits per heavy atom. The van der Waals surface area contributed by atoms with Gasteiger partial charge in [0.1, 0.15) is 12.4 Å². The lowest BCUT2D eigenvalue weighted by molar-refractivity contribution is -0.133. The maximum Gasteiger partial charge on any atom is 0.308 e. The number of carbonyl (C=O) groups is 3. The average Bonchev–Trinajstić information content (AvgIpc) is 2.54. The van der Waals surface area contributed by atoms with E-state index in [4.69, 9.17) is 14.2 Å². The molecular weight excluding hydrogens is 312 g/mol. The summed E-state index contributed by atoms with van der Waals surface area (Å²) in [6.45, 7) is 2.68. The van der Waals surface area contributed by atoms with Crippen molar-refractivity contribution >= 4 is 18.2 Å². The molecule has 0 radical (unpaired) electrons. The highest BCUT2D eigenvalue weighted by molar-refractivity contribution is 5.84. The number of hydrogen-bond donors (Lipinski definition) is 0. The van der Waals surface area contributed by atoms with Gasteiger partial charge in [0.2, 0.25) is 0 Å². The third-order valence-electron chi connectivity index (χ3n) is 2.95. The van der Waals surface area contributed by atoms with E-state index in [0.29, 0.717) is 6.29 Å². The summed E-state index contributed by atoms with van der Waals surface area (Å²) in [4.78, 5) is 33.6. The van der Waals surface area contributed by atoms with Gasteiger partial charge in [-0.1, -0.05) is 30.3 Å². The van der Waals surface area contributed by atoms with E-state index in [2.05, 4.69) is 0 Å². The summed E-state index contributed by atoms with van der Waals surface area (Å²) >= 11 is 0. The first kappa shape index (κ1) is 17.2. The number of benzene rings is 2. The summed E-state index contributed by atoms with van der Waals surface area (Å²) in [7, 11) is 0. The fraction of sp³-hybridized carbons (Fsp3) is 0.167. The maximum atomic E-state index is 11.3. The molecule has 0 saturated heterocycles. The molecule has 0 bridgehead atoms. The topological polar surface area (TPSA) is 78.9 Å². The van der Waals surface area contributed by atoms with Crippen molar-refractivity contribution in [2.75, 3.05) is 0 Å². The van der Waals surface area contributed by atoms with Crippen LogP contribution in [0.5, 0.6) is 17.2 Å². The molecule has 0 N–H and O–H groups in total. The molecule has 0 spiro atoms. The average molecular weight is 328 g/mol. The summed E-state index contributed by atoms with van der Waals surface area (Å²) in [6.07, 6.45) is 0.506. The van der Waals surface area contributed by atoms with E-state index in [1.807, 2.05) is 30.3 Å². The summed E-state index contributed by atoms with van der Waals surface area (Å²) in [5.41, 5.74) is 0.980. The van der Waals surface area contributed by atoms with Crippen LogP contribution in [-0.2, 0) is 16.2 Å². The Morgan fingerprint density at radius 2 is 1.54 bits per heavy atom. The molecule has 0 amide bonds. The van der Waals surface area contributed by atoms with E-state index in [9.17, 15) is 14.4 Å². The van der Waals surface area contributed by atoms with Crippen molar-refractivity contribution < 1.29 is 28.6 Å². The molecule has 0 atom stereocenters. The van der Waals surface area contributed by atoms with Crippen LogP contribution < -0.4 is 14.2 Å². The molecule has 124 valence electrons. The lowest BCUT2D eigenvalue weighted by Crippen LogP contribution is -2.08. The second-order valence-electron chi connectivity index (χ2n) is 4.92. The molecule has 0 aliphatic heterocycles. The Morgan fingerprint density at radius 3 is 2.12 bits per heavy atom. The summed E-state index contributed by atoms with van der Waals surface area (Å²) < 4.78 is 15.7. The third-order valence-corrected chi connectivity index (χ3v) is 2.95. The predicted octanol–water partition coefficient (Wildman–Crippen LogP) is 2.93. The number of esters is 2. The number of aldehydes is 1. The quantitative estimate of drug-likeness (QED) is 0.461. The minimum atomic E-state index is -0.577. The van der Waals surface area contributed by atoms with E-state index in [1.165, 1.54) is 26.0 Å². The molecule has 2 aromatic carbocycles. The zero-order chi connectivity index (χ0) is 17.5. The van der Waals surface area contributed by atoms with Gasteiger partial charge in [-0.3, -0.25) is 14.4 Å². The number of ether oxygens (including phenoxy) is 3. The first-order valence-electron chi connectivity index (χ1n) is 7.16. The lowest BCUT2D eigenvalue weighted by atomic mass is 10.2. The van der Waals surface area contributed by atoms with Crippen LogP contribution in [0.1, 0.15) is 29.8 Å². The summed E-state index contributed by atoms with van der Waals surface area (Å²) in [5.74, 6) is -0.826. The molecular formula is C18H16O6. The molecule has 0 saturated carbocycles. The monoisotopic (exact) mass is 328 g/mol. The second kappa shape index (κ2) is 7.92. The van der Waals surface area contributed by atoms with Gasteiger partial charge >= 0.3 is 11.9 Å². The normalized spacial score (nSPS) is 9.92. The Hall–Kier alpha value is -3.15. The molecule has 0 aliphatic carbocycles. The van der Waals surface area contributed by atoms with E-state index in [0.717, 1.165) is 5.56 Å². The molecule has 0 heterocycles. The largest absolute Gasteiger partial charge is 0.485 e. The van der Waals surface area contributed by atoms with Crippen molar-refractivity contribution in [2.45, 2.75) is 20.5 Å². The second-order valence-corrected chi connectivity index (χ2v) is 4.92. The number of rotatable bonds is 6. The van der Waals surface area contributed by atoms with Crippen molar-refractivity contribution in [1.82, 2.24) is 0 Å². The van der Waals surface area contributed by atoms with Gasteiger partial charge in [0, 0.05) is 19.9 Å². The van der Waals surface area contributed by atoms with Crippen molar-refractivity contribution in [2.24, 2.45) is 0 Å². The Labute approximate surface area is 139 Å². The van der Waals surface area contributed by atoms with Crippen molar-refractivity contribution in [3.63, 3.8) is 0 Å². The Bertz CT molecular complexity index is 752. The van der Waals surface area contributed by atoms with Crippen molar-refractivity contribution in [1.29, 1.82) is 0 Å². The molecule has 24 heavy (non-hydrogen) atoms. The first-order valence-corrected chi connectivity index (χ1v) is 7.16. The SMILES string of the molecule is CC(=O)Oc1cc(OCc2ccccc2)c(OC(C)=O)cc1C=O. The Balaban J connectivity index is 2.35. The molecule has 6 nitrogen and oxygen atoms in total. The van der Waals surface area contributed by atoms with Crippen LogP contribution >= 0.6 is 0 Å². The van der Waals surface area contributed by atoms with Crippen LogP contribution in [0.25, 0.3) is 0 Å². The molecule has 2 rings (SSSR count). The zero-order valence-corrected chi connectivity index (χ0v) is 13.3. The van der Waals surface area contributed by atoms with Gasteiger partial charge in [-0.25, -0.2) is 0 Å². The van der Waals surface area contributed by atoms with Crippen LogP contribution in [-0.4, -0.2) is 18.2 Å². The van der Waals surface area contributed by atoms with Crippen LogP contribution in [0.3, 0.4) is 0 Å². The van der Waals surface area contributed by atoms with E-state index < -0.39 is 11.9 Å². The minimum Gasteiger partial charge on any atom is -0.485 e. The Kier molecular flexibility index (Phi) is 5.68. The van der Waals surface area contributed by atoms with Gasteiger partial charge in [0.25, 0.3) is 0 Å². The molecule has 6 heteroatoms. The minimum absolute atomic E-state index is 0.0384. The number of hydrogen-bond acceptors (Lipinski definition) is 6. The van der Waals surface area contributed by atoms with E-state index >= 15 is 0 Å². The highest BCUT2D eigenvalue weighted by Gasteiger charge is 2.16. The maximum absolute atomic E-state index is 11.3. The van der Waals surface area contributed by atoms with Gasteiger partial charge in [-0.2, -0.15) is 0 Å². The number of carbonyl (C=O) groups excluding carboxylic acids is 3. The summed E-state index contributed by atoms with van der Waals surface area (Å²) in [6, 6.07) is 12.0. The fourth-order valence-corrected chi connectivity index (χ4v) is 1.98. The third kappa shape index (κ3) is 4.67. The van der Waals surface area contributed by atoms with Gasteiger partial charge in [-0.15, -0.1) is 0 Å². The van der Waals surface area contributed by atoms with Gasteiger partial charge in [0.05, 0.1) is 5.56 Å². The predicted molar refractivity (Wildman–Crippen MR) is 85.2 cm³/mol. The smallest absolute Gasteiger partial charge is 0.308 e. The lowest BCUT2D eigenvalue weighted by Gasteiger charge is -2.14. The van der Waals surface area contributed by atoms with Gasteiger partial charge in [-0.05, 0) is 11.6 Å². The van der Waals surface area contributed by atoms with E-state index in [-0.39, 0.29) is 29.4 Å².